The van der Waals surface area contributed by atoms with Gasteiger partial charge in [0.2, 0.25) is 0 Å². The van der Waals surface area contributed by atoms with E-state index in [1.165, 1.54) is 0 Å². The molecule has 0 unspecified atom stereocenters. The van der Waals surface area contributed by atoms with Gasteiger partial charge in [0.15, 0.2) is 0 Å². The molecule has 0 spiro atoms. The summed E-state index contributed by atoms with van der Waals surface area (Å²) in [5.41, 5.74) is 0.954. The first-order valence-electron chi connectivity index (χ1n) is 6.24. The molecule has 0 aliphatic carbocycles. The molecule has 0 bridgehead atoms. The van der Waals surface area contributed by atoms with Crippen LogP contribution >= 0.6 is 0 Å². The standard InChI is InChI=1S/C13H21NO3S/c1-3-17-13-8-5-7-12(11-13)14-9-6-10-18(15,16)4-2/h5,7-8,11,14H,3-4,6,9-10H2,1-2H3. The van der Waals surface area contributed by atoms with Crippen molar-refractivity contribution in [1.29, 1.82) is 0 Å². The van der Waals surface area contributed by atoms with Gasteiger partial charge in [-0.2, -0.15) is 0 Å². The molecule has 1 aromatic rings. The normalized spacial score (nSPS) is 11.2. The van der Waals surface area contributed by atoms with Gasteiger partial charge in [0.1, 0.15) is 15.6 Å². The van der Waals surface area contributed by atoms with Crippen molar-refractivity contribution in [3.05, 3.63) is 24.3 Å². The summed E-state index contributed by atoms with van der Waals surface area (Å²) in [7, 11) is -2.86. The molecular formula is C13H21NO3S. The zero-order chi connectivity index (χ0) is 13.4. The minimum absolute atomic E-state index is 0.215. The van der Waals surface area contributed by atoms with Crippen molar-refractivity contribution < 1.29 is 13.2 Å². The number of anilines is 1. The Kier molecular flexibility index (Phi) is 5.98. The number of sulfone groups is 1. The van der Waals surface area contributed by atoms with Crippen molar-refractivity contribution >= 4 is 15.5 Å². The summed E-state index contributed by atoms with van der Waals surface area (Å²) in [6.45, 7) is 4.90. The number of ether oxygens (including phenoxy) is 1. The highest BCUT2D eigenvalue weighted by Crippen LogP contribution is 2.17. The van der Waals surface area contributed by atoms with Crippen LogP contribution < -0.4 is 10.1 Å². The average Bonchev–Trinajstić information content (AvgIpc) is 2.36. The maximum atomic E-state index is 11.3. The molecule has 0 amide bonds. The second-order valence-corrected chi connectivity index (χ2v) is 6.45. The monoisotopic (exact) mass is 271 g/mol. The molecule has 0 saturated heterocycles. The summed E-state index contributed by atoms with van der Waals surface area (Å²) in [5, 5.41) is 3.20. The molecule has 0 aliphatic rings. The predicted molar refractivity (Wildman–Crippen MR) is 75.0 cm³/mol. The average molecular weight is 271 g/mol. The molecule has 0 aliphatic heterocycles. The lowest BCUT2D eigenvalue weighted by molar-refractivity contribution is 0.340. The third kappa shape index (κ3) is 5.40. The second kappa shape index (κ2) is 7.26. The SMILES string of the molecule is CCOc1cccc(NCCCS(=O)(=O)CC)c1. The number of nitrogens with one attached hydrogen (secondary N) is 1. The smallest absolute Gasteiger partial charge is 0.150 e. The molecular weight excluding hydrogens is 250 g/mol. The van der Waals surface area contributed by atoms with Crippen LogP contribution in [0.3, 0.4) is 0 Å². The zero-order valence-electron chi connectivity index (χ0n) is 11.0. The Labute approximate surface area is 109 Å². The second-order valence-electron chi connectivity index (χ2n) is 3.98. The van der Waals surface area contributed by atoms with E-state index in [4.69, 9.17) is 4.74 Å². The Morgan fingerprint density at radius 1 is 1.28 bits per heavy atom. The topological polar surface area (TPSA) is 55.4 Å². The van der Waals surface area contributed by atoms with E-state index in [0.29, 0.717) is 19.6 Å². The van der Waals surface area contributed by atoms with Gasteiger partial charge in [-0.15, -0.1) is 0 Å². The fourth-order valence-corrected chi connectivity index (χ4v) is 2.40. The molecule has 0 heterocycles. The van der Waals surface area contributed by atoms with Gasteiger partial charge in [0.25, 0.3) is 0 Å². The van der Waals surface area contributed by atoms with E-state index in [2.05, 4.69) is 5.32 Å². The van der Waals surface area contributed by atoms with Crippen LogP contribution in [0.5, 0.6) is 5.75 Å². The molecule has 18 heavy (non-hydrogen) atoms. The van der Waals surface area contributed by atoms with Crippen molar-refractivity contribution in [3.63, 3.8) is 0 Å². The van der Waals surface area contributed by atoms with Crippen LogP contribution in [0.15, 0.2) is 24.3 Å². The Balaban J connectivity index is 2.37. The molecule has 102 valence electrons. The van der Waals surface area contributed by atoms with Gasteiger partial charge >= 0.3 is 0 Å². The Morgan fingerprint density at radius 3 is 2.72 bits per heavy atom. The van der Waals surface area contributed by atoms with Gasteiger partial charge in [-0.05, 0) is 25.5 Å². The molecule has 1 rings (SSSR count). The fourth-order valence-electron chi connectivity index (χ4n) is 1.53. The quantitative estimate of drug-likeness (QED) is 0.737. The third-order valence-corrected chi connectivity index (χ3v) is 4.34. The predicted octanol–water partition coefficient (Wildman–Crippen LogP) is 2.32. The van der Waals surface area contributed by atoms with Crippen LogP contribution in [0.2, 0.25) is 0 Å². The van der Waals surface area contributed by atoms with Crippen LogP contribution in [-0.2, 0) is 9.84 Å². The number of hydrogen-bond donors (Lipinski definition) is 1. The highest BCUT2D eigenvalue weighted by Gasteiger charge is 2.06. The summed E-state index contributed by atoms with van der Waals surface area (Å²) in [6, 6.07) is 7.67. The first-order chi connectivity index (χ1) is 8.57. The molecule has 0 aromatic heterocycles. The Hall–Kier alpha value is -1.23. The molecule has 5 heteroatoms. The largest absolute Gasteiger partial charge is 0.494 e. The van der Waals surface area contributed by atoms with Gasteiger partial charge in [0, 0.05) is 24.1 Å². The van der Waals surface area contributed by atoms with E-state index in [0.717, 1.165) is 11.4 Å². The lowest BCUT2D eigenvalue weighted by atomic mass is 10.3. The van der Waals surface area contributed by atoms with Crippen LogP contribution in [0.25, 0.3) is 0 Å². The zero-order valence-corrected chi connectivity index (χ0v) is 11.8. The fraction of sp³-hybridized carbons (Fsp3) is 0.538. The van der Waals surface area contributed by atoms with Crippen molar-refractivity contribution in [2.45, 2.75) is 20.3 Å². The first-order valence-corrected chi connectivity index (χ1v) is 8.06. The molecule has 0 saturated carbocycles. The molecule has 0 fully saturated rings. The van der Waals surface area contributed by atoms with Gasteiger partial charge in [-0.1, -0.05) is 13.0 Å². The minimum atomic E-state index is -2.86. The highest BCUT2D eigenvalue weighted by molar-refractivity contribution is 7.91. The third-order valence-electron chi connectivity index (χ3n) is 2.55. The lowest BCUT2D eigenvalue weighted by Gasteiger charge is -2.08. The molecule has 4 nitrogen and oxygen atoms in total. The maximum absolute atomic E-state index is 11.3. The summed E-state index contributed by atoms with van der Waals surface area (Å²) in [5.74, 6) is 1.28. The van der Waals surface area contributed by atoms with Crippen LogP contribution in [0.4, 0.5) is 5.69 Å². The van der Waals surface area contributed by atoms with Crippen molar-refractivity contribution in [2.24, 2.45) is 0 Å². The van der Waals surface area contributed by atoms with E-state index in [-0.39, 0.29) is 11.5 Å². The van der Waals surface area contributed by atoms with E-state index in [9.17, 15) is 8.42 Å². The highest BCUT2D eigenvalue weighted by atomic mass is 32.2. The molecule has 1 N–H and O–H groups in total. The van der Waals surface area contributed by atoms with Gasteiger partial charge in [0.05, 0.1) is 12.4 Å². The number of rotatable bonds is 8. The first kappa shape index (κ1) is 14.8. The Bertz CT molecular complexity index is 457. The molecule has 0 atom stereocenters. The van der Waals surface area contributed by atoms with Gasteiger partial charge in [-0.3, -0.25) is 0 Å². The van der Waals surface area contributed by atoms with Gasteiger partial charge in [-0.25, -0.2) is 8.42 Å². The molecule has 0 radical (unpaired) electrons. The van der Waals surface area contributed by atoms with E-state index in [1.807, 2.05) is 31.2 Å². The maximum Gasteiger partial charge on any atom is 0.150 e. The van der Waals surface area contributed by atoms with E-state index >= 15 is 0 Å². The molecule has 1 aromatic carbocycles. The summed E-state index contributed by atoms with van der Waals surface area (Å²) >= 11 is 0. The van der Waals surface area contributed by atoms with Crippen molar-refractivity contribution in [2.75, 3.05) is 30.0 Å². The van der Waals surface area contributed by atoms with E-state index < -0.39 is 9.84 Å². The summed E-state index contributed by atoms with van der Waals surface area (Å²) in [4.78, 5) is 0. The van der Waals surface area contributed by atoms with Crippen molar-refractivity contribution in [1.82, 2.24) is 0 Å². The van der Waals surface area contributed by atoms with Crippen molar-refractivity contribution in [3.8, 4) is 5.75 Å². The number of benzene rings is 1. The van der Waals surface area contributed by atoms with Crippen LogP contribution in [-0.4, -0.2) is 33.1 Å². The van der Waals surface area contributed by atoms with E-state index in [1.54, 1.807) is 6.92 Å². The number of hydrogen-bond acceptors (Lipinski definition) is 4. The van der Waals surface area contributed by atoms with Crippen LogP contribution in [0, 0.1) is 0 Å². The van der Waals surface area contributed by atoms with Crippen LogP contribution in [0.1, 0.15) is 20.3 Å². The minimum Gasteiger partial charge on any atom is -0.494 e. The van der Waals surface area contributed by atoms with Gasteiger partial charge < -0.3 is 10.1 Å². The lowest BCUT2D eigenvalue weighted by Crippen LogP contribution is -2.12. The summed E-state index contributed by atoms with van der Waals surface area (Å²) < 4.78 is 28.0. The Morgan fingerprint density at radius 2 is 2.06 bits per heavy atom. The summed E-state index contributed by atoms with van der Waals surface area (Å²) in [6.07, 6.45) is 0.620.